The van der Waals surface area contributed by atoms with Gasteiger partial charge >= 0.3 is 0 Å². The summed E-state index contributed by atoms with van der Waals surface area (Å²) in [4.78, 5) is 2.49. The first-order valence-electron chi connectivity index (χ1n) is 25.3. The van der Waals surface area contributed by atoms with E-state index in [4.69, 9.17) is 0 Å². The summed E-state index contributed by atoms with van der Waals surface area (Å²) in [6.07, 6.45) is 0. The third-order valence-corrected chi connectivity index (χ3v) is 16.4. The van der Waals surface area contributed by atoms with Crippen molar-refractivity contribution >= 4 is 17.1 Å². The fraction of sp³-hybridized carbons (Fsp3) is 0.0704. The van der Waals surface area contributed by atoms with Gasteiger partial charge in [0, 0.05) is 22.5 Å². The van der Waals surface area contributed by atoms with Crippen LogP contribution >= 0.6 is 0 Å². The van der Waals surface area contributed by atoms with Gasteiger partial charge in [-0.1, -0.05) is 250 Å². The number of rotatable bonds is 8. The maximum absolute atomic E-state index is 2.49. The summed E-state index contributed by atoms with van der Waals surface area (Å²) in [5.74, 6) is 0. The second-order valence-electron chi connectivity index (χ2n) is 20.3. The van der Waals surface area contributed by atoms with Gasteiger partial charge in [0.1, 0.15) is 0 Å². The molecule has 0 radical (unpaired) electrons. The number of hydrogen-bond acceptors (Lipinski definition) is 1. The van der Waals surface area contributed by atoms with Crippen LogP contribution in [0.25, 0.3) is 44.5 Å². The molecule has 0 bridgehead atoms. The van der Waals surface area contributed by atoms with E-state index in [1.54, 1.807) is 0 Å². The molecule has 0 saturated carbocycles. The third-order valence-electron chi connectivity index (χ3n) is 16.4. The zero-order chi connectivity index (χ0) is 48.0. The first-order chi connectivity index (χ1) is 35.5. The smallest absolute Gasteiger partial charge is 0.0714 e. The van der Waals surface area contributed by atoms with Crippen LogP contribution in [0.1, 0.15) is 69.5 Å². The number of anilines is 3. The molecule has 1 heteroatoms. The van der Waals surface area contributed by atoms with Gasteiger partial charge < -0.3 is 4.90 Å². The molecule has 3 aliphatic carbocycles. The van der Waals surface area contributed by atoms with Crippen LogP contribution < -0.4 is 4.90 Å². The quantitative estimate of drug-likeness (QED) is 0.147. The summed E-state index contributed by atoms with van der Waals surface area (Å²) in [5, 5.41) is 0. The molecule has 0 atom stereocenters. The first-order valence-corrected chi connectivity index (χ1v) is 25.3. The van der Waals surface area contributed by atoms with Gasteiger partial charge in [-0.3, -0.25) is 0 Å². The average Bonchev–Trinajstić information content (AvgIpc) is 4.01. The molecule has 0 fully saturated rings. The highest BCUT2D eigenvalue weighted by molar-refractivity contribution is 5.96. The van der Waals surface area contributed by atoms with E-state index >= 15 is 0 Å². The van der Waals surface area contributed by atoms with Crippen LogP contribution in [0.3, 0.4) is 0 Å². The van der Waals surface area contributed by atoms with Crippen LogP contribution in [-0.2, 0) is 16.2 Å². The highest BCUT2D eigenvalue weighted by atomic mass is 15.1. The van der Waals surface area contributed by atoms with Crippen molar-refractivity contribution in [3.8, 4) is 44.5 Å². The average molecular weight is 918 g/mol. The predicted molar refractivity (Wildman–Crippen MR) is 299 cm³/mol. The van der Waals surface area contributed by atoms with Crippen LogP contribution in [0.4, 0.5) is 17.1 Å². The van der Waals surface area contributed by atoms with Crippen molar-refractivity contribution in [1.82, 2.24) is 0 Å². The molecule has 0 heterocycles. The van der Waals surface area contributed by atoms with Crippen molar-refractivity contribution in [2.24, 2.45) is 0 Å². The molecule has 0 aromatic heterocycles. The standard InChI is InChI=1S/C71H51N/c1-69(2)62-34-18-15-30-57(62)59-44-42-54(46-66(59)69)72(55-43-45-60-58-31-16-19-35-63(58)71(67(60)47-55,51-26-11-5-12-27-51)52-28-13-6-14-29-52)53-40-38-48(39-41-53)56-33-21-37-65-68(56)61-32-17-20-36-64(61)70(65,49-22-7-3-8-23-49)50-24-9-4-10-25-50/h3-47H,1-2H3. The summed E-state index contributed by atoms with van der Waals surface area (Å²) in [7, 11) is 0. The van der Waals surface area contributed by atoms with Crippen molar-refractivity contribution in [1.29, 1.82) is 0 Å². The molecule has 340 valence electrons. The molecule has 3 aliphatic rings. The zero-order valence-electron chi connectivity index (χ0n) is 40.4. The summed E-state index contributed by atoms with van der Waals surface area (Å²) in [5.41, 5.74) is 25.4. The first kappa shape index (κ1) is 42.1. The normalized spacial score (nSPS) is 14.6. The highest BCUT2D eigenvalue weighted by Crippen LogP contribution is 2.60. The van der Waals surface area contributed by atoms with E-state index in [1.807, 2.05) is 0 Å². The molecule has 0 N–H and O–H groups in total. The van der Waals surface area contributed by atoms with E-state index in [2.05, 4.69) is 292 Å². The van der Waals surface area contributed by atoms with Crippen LogP contribution in [0, 0.1) is 0 Å². The maximum atomic E-state index is 2.49. The van der Waals surface area contributed by atoms with E-state index < -0.39 is 10.8 Å². The SMILES string of the molecule is CC1(C)c2ccccc2-c2ccc(N(c3ccc(-c4cccc5c4-c4ccccc4C5(c4ccccc4)c4ccccc4)cc3)c3ccc4c(c3)C(c3ccccc3)(c3ccccc3)c3ccccc3-4)cc21. The molecule has 72 heavy (non-hydrogen) atoms. The maximum Gasteiger partial charge on any atom is 0.0714 e. The Balaban J connectivity index is 0.972. The Bertz CT molecular complexity index is 3790. The molecular weight excluding hydrogens is 867 g/mol. The number of fused-ring (bicyclic) bond motifs is 9. The summed E-state index contributed by atoms with van der Waals surface area (Å²) in [6.45, 7) is 4.75. The third kappa shape index (κ3) is 5.89. The zero-order valence-corrected chi connectivity index (χ0v) is 40.4. The van der Waals surface area contributed by atoms with Gasteiger partial charge in [0.15, 0.2) is 0 Å². The van der Waals surface area contributed by atoms with E-state index in [1.165, 1.54) is 100 Å². The van der Waals surface area contributed by atoms with Crippen molar-refractivity contribution in [3.05, 3.63) is 329 Å². The summed E-state index contributed by atoms with van der Waals surface area (Å²) >= 11 is 0. The molecule has 0 spiro atoms. The van der Waals surface area contributed by atoms with Crippen molar-refractivity contribution < 1.29 is 0 Å². The van der Waals surface area contributed by atoms with E-state index in [9.17, 15) is 0 Å². The highest BCUT2D eigenvalue weighted by Gasteiger charge is 2.48. The van der Waals surface area contributed by atoms with Crippen LogP contribution in [0.5, 0.6) is 0 Å². The fourth-order valence-electron chi connectivity index (χ4n) is 13.4. The summed E-state index contributed by atoms with van der Waals surface area (Å²) < 4.78 is 0. The van der Waals surface area contributed by atoms with Crippen molar-refractivity contribution in [2.45, 2.75) is 30.1 Å². The number of benzene rings is 11. The molecule has 1 nitrogen and oxygen atoms in total. The molecule has 0 unspecified atom stereocenters. The lowest BCUT2D eigenvalue weighted by Gasteiger charge is -2.35. The topological polar surface area (TPSA) is 3.24 Å². The minimum atomic E-state index is -0.528. The Morgan fingerprint density at radius 2 is 0.611 bits per heavy atom. The number of nitrogens with zero attached hydrogens (tertiary/aromatic N) is 1. The molecule has 0 aliphatic heterocycles. The van der Waals surface area contributed by atoms with E-state index in [0.29, 0.717) is 0 Å². The van der Waals surface area contributed by atoms with Crippen molar-refractivity contribution in [3.63, 3.8) is 0 Å². The van der Waals surface area contributed by atoms with Gasteiger partial charge in [-0.05, 0) is 137 Å². The Hall–Kier alpha value is -8.78. The summed E-state index contributed by atoms with van der Waals surface area (Å²) in [6, 6.07) is 102. The monoisotopic (exact) mass is 917 g/mol. The lowest BCUT2D eigenvalue weighted by molar-refractivity contribution is 0.660. The van der Waals surface area contributed by atoms with Gasteiger partial charge in [0.2, 0.25) is 0 Å². The fourth-order valence-corrected chi connectivity index (χ4v) is 13.4. The predicted octanol–water partition coefficient (Wildman–Crippen LogP) is 17.9. The molecule has 11 aromatic rings. The largest absolute Gasteiger partial charge is 0.310 e. The van der Waals surface area contributed by atoms with Gasteiger partial charge in [-0.2, -0.15) is 0 Å². The molecule has 0 saturated heterocycles. The van der Waals surface area contributed by atoms with Gasteiger partial charge in [-0.15, -0.1) is 0 Å². The van der Waals surface area contributed by atoms with Gasteiger partial charge in [0.25, 0.3) is 0 Å². The minimum absolute atomic E-state index is 0.161. The van der Waals surface area contributed by atoms with Crippen LogP contribution in [-0.4, -0.2) is 0 Å². The Kier molecular flexibility index (Phi) is 9.44. The van der Waals surface area contributed by atoms with Crippen molar-refractivity contribution in [2.75, 3.05) is 4.90 Å². The Morgan fingerprint density at radius 1 is 0.250 bits per heavy atom. The van der Waals surface area contributed by atoms with Crippen LogP contribution in [0.15, 0.2) is 273 Å². The Morgan fingerprint density at radius 3 is 1.15 bits per heavy atom. The number of hydrogen-bond donors (Lipinski definition) is 0. The van der Waals surface area contributed by atoms with E-state index in [0.717, 1.165) is 17.1 Å². The van der Waals surface area contributed by atoms with Gasteiger partial charge in [0.05, 0.1) is 10.8 Å². The molecule has 0 amide bonds. The Labute approximate surface area is 423 Å². The molecule has 14 rings (SSSR count). The lowest BCUT2D eigenvalue weighted by Crippen LogP contribution is -2.28. The molecular formula is C71H51N. The van der Waals surface area contributed by atoms with Crippen LogP contribution in [0.2, 0.25) is 0 Å². The lowest BCUT2D eigenvalue weighted by atomic mass is 9.67. The second-order valence-corrected chi connectivity index (χ2v) is 20.3. The second kappa shape index (κ2) is 16.1. The van der Waals surface area contributed by atoms with Gasteiger partial charge in [-0.25, -0.2) is 0 Å². The molecule has 11 aromatic carbocycles. The minimum Gasteiger partial charge on any atom is -0.310 e. The van der Waals surface area contributed by atoms with E-state index in [-0.39, 0.29) is 5.41 Å².